The topological polar surface area (TPSA) is 82.5 Å². The molecule has 0 bridgehead atoms. The van der Waals surface area contributed by atoms with Crippen LogP contribution in [0.3, 0.4) is 0 Å². The minimum absolute atomic E-state index is 0.335. The van der Waals surface area contributed by atoms with Crippen molar-refractivity contribution in [2.45, 2.75) is 19.5 Å². The Labute approximate surface area is 112 Å². The lowest BCUT2D eigenvalue weighted by Gasteiger charge is -2.20. The van der Waals surface area contributed by atoms with Gasteiger partial charge >= 0.3 is 12.0 Å². The molecule has 1 saturated heterocycles. The van der Waals surface area contributed by atoms with Crippen LogP contribution >= 0.6 is 23.1 Å². The Balaban J connectivity index is 1.89. The first-order valence-corrected chi connectivity index (χ1v) is 7.31. The van der Waals surface area contributed by atoms with Gasteiger partial charge in [0.2, 0.25) is 0 Å². The molecule has 0 radical (unpaired) electrons. The predicted octanol–water partition coefficient (Wildman–Crippen LogP) is 1.12. The number of carbonyl (C=O) groups excluding carboxylic acids is 1. The number of carbonyl (C=O) groups is 2. The molecule has 0 aliphatic carbocycles. The maximum absolute atomic E-state index is 11.9. The van der Waals surface area contributed by atoms with Crippen LogP contribution in [0.1, 0.15) is 9.88 Å². The SMILES string of the molecule is Cc1ncc(CNC(=O)N2CSC[C@H]2C(=O)O)s1. The number of rotatable bonds is 3. The zero-order valence-corrected chi connectivity index (χ0v) is 11.4. The maximum Gasteiger partial charge on any atom is 0.327 e. The normalized spacial score (nSPS) is 18.9. The largest absolute Gasteiger partial charge is 0.480 e. The lowest BCUT2D eigenvalue weighted by molar-refractivity contribution is -0.140. The fraction of sp³-hybridized carbons (Fsp3) is 0.500. The molecule has 1 aliphatic rings. The number of amides is 2. The van der Waals surface area contributed by atoms with Crippen LogP contribution in [0.15, 0.2) is 6.20 Å². The zero-order valence-electron chi connectivity index (χ0n) is 9.75. The van der Waals surface area contributed by atoms with Crippen molar-refractivity contribution in [1.82, 2.24) is 15.2 Å². The highest BCUT2D eigenvalue weighted by Crippen LogP contribution is 2.21. The predicted molar refractivity (Wildman–Crippen MR) is 69.7 cm³/mol. The average molecular weight is 287 g/mol. The first-order valence-electron chi connectivity index (χ1n) is 5.34. The molecule has 0 saturated carbocycles. The summed E-state index contributed by atoms with van der Waals surface area (Å²) in [6.07, 6.45) is 1.72. The summed E-state index contributed by atoms with van der Waals surface area (Å²) < 4.78 is 0. The van der Waals surface area contributed by atoms with Gasteiger partial charge < -0.3 is 15.3 Å². The number of aryl methyl sites for hydroxylation is 1. The summed E-state index contributed by atoms with van der Waals surface area (Å²) in [4.78, 5) is 29.2. The molecule has 98 valence electrons. The minimum Gasteiger partial charge on any atom is -0.480 e. The van der Waals surface area contributed by atoms with Gasteiger partial charge in [0.05, 0.1) is 17.4 Å². The number of aromatic nitrogens is 1. The second-order valence-corrected chi connectivity index (χ2v) is 6.15. The third-order valence-electron chi connectivity index (χ3n) is 2.51. The van der Waals surface area contributed by atoms with Crippen molar-refractivity contribution in [2.24, 2.45) is 0 Å². The molecule has 1 aromatic rings. The second-order valence-electron chi connectivity index (χ2n) is 3.83. The molecule has 18 heavy (non-hydrogen) atoms. The number of urea groups is 1. The number of hydrogen-bond donors (Lipinski definition) is 2. The van der Waals surface area contributed by atoms with Gasteiger partial charge in [0.25, 0.3) is 0 Å². The van der Waals surface area contributed by atoms with Crippen LogP contribution in [0.2, 0.25) is 0 Å². The van der Waals surface area contributed by atoms with Crippen molar-refractivity contribution in [2.75, 3.05) is 11.6 Å². The fourth-order valence-corrected chi connectivity index (χ4v) is 3.48. The number of carboxylic acids is 1. The summed E-state index contributed by atoms with van der Waals surface area (Å²) in [6, 6.07) is -1.06. The standard InChI is InChI=1S/C10H13N3O3S2/c1-6-11-2-7(18-6)3-12-10(16)13-5-17-4-8(13)9(14)15/h2,8H,3-5H2,1H3,(H,12,16)(H,14,15)/t8-/m0/s1. The van der Waals surface area contributed by atoms with Crippen molar-refractivity contribution in [3.63, 3.8) is 0 Å². The van der Waals surface area contributed by atoms with Gasteiger partial charge in [-0.3, -0.25) is 0 Å². The number of aliphatic carboxylic acids is 1. The van der Waals surface area contributed by atoms with Gasteiger partial charge in [0.15, 0.2) is 0 Å². The fourth-order valence-electron chi connectivity index (χ4n) is 1.60. The molecule has 8 heteroatoms. The van der Waals surface area contributed by atoms with Gasteiger partial charge in [0, 0.05) is 16.8 Å². The maximum atomic E-state index is 11.9. The van der Waals surface area contributed by atoms with E-state index in [1.807, 2.05) is 6.92 Å². The number of carboxylic acid groups (broad SMARTS) is 1. The first-order chi connectivity index (χ1) is 8.58. The van der Waals surface area contributed by atoms with E-state index in [9.17, 15) is 9.59 Å². The van der Waals surface area contributed by atoms with E-state index < -0.39 is 12.0 Å². The van der Waals surface area contributed by atoms with Crippen molar-refractivity contribution >= 4 is 35.1 Å². The molecule has 1 atom stereocenters. The highest BCUT2D eigenvalue weighted by molar-refractivity contribution is 7.99. The molecule has 0 spiro atoms. The van der Waals surface area contributed by atoms with Gasteiger partial charge in [-0.2, -0.15) is 0 Å². The monoisotopic (exact) mass is 287 g/mol. The van der Waals surface area contributed by atoms with Crippen LogP contribution in [-0.2, 0) is 11.3 Å². The first kappa shape index (κ1) is 13.2. The number of thiazole rings is 1. The van der Waals surface area contributed by atoms with Crippen LogP contribution in [0.25, 0.3) is 0 Å². The van der Waals surface area contributed by atoms with Gasteiger partial charge in [-0.1, -0.05) is 0 Å². The molecule has 1 aliphatic heterocycles. The lowest BCUT2D eigenvalue weighted by Crippen LogP contribution is -2.46. The van der Waals surface area contributed by atoms with E-state index in [4.69, 9.17) is 5.11 Å². The van der Waals surface area contributed by atoms with E-state index in [0.717, 1.165) is 9.88 Å². The number of thioether (sulfide) groups is 1. The Kier molecular flexibility index (Phi) is 4.07. The number of nitrogens with zero attached hydrogens (tertiary/aromatic N) is 2. The van der Waals surface area contributed by atoms with Gasteiger partial charge in [-0.25, -0.2) is 14.6 Å². The van der Waals surface area contributed by atoms with Crippen LogP contribution in [-0.4, -0.2) is 44.7 Å². The number of hydrogen-bond acceptors (Lipinski definition) is 5. The minimum atomic E-state index is -0.955. The third-order valence-corrected chi connectivity index (χ3v) is 4.44. The van der Waals surface area contributed by atoms with Crippen LogP contribution in [0, 0.1) is 6.92 Å². The zero-order chi connectivity index (χ0) is 13.1. The molecule has 1 fully saturated rings. The van der Waals surface area contributed by atoms with Gasteiger partial charge in [-0.15, -0.1) is 23.1 Å². The highest BCUT2D eigenvalue weighted by atomic mass is 32.2. The summed E-state index contributed by atoms with van der Waals surface area (Å²) in [5.41, 5.74) is 0. The third kappa shape index (κ3) is 2.94. The summed E-state index contributed by atoms with van der Waals surface area (Å²) >= 11 is 2.96. The Bertz CT molecular complexity index is 463. The summed E-state index contributed by atoms with van der Waals surface area (Å²) in [7, 11) is 0. The quantitative estimate of drug-likeness (QED) is 0.870. The molecule has 2 N–H and O–H groups in total. The van der Waals surface area contributed by atoms with Crippen molar-refractivity contribution < 1.29 is 14.7 Å². The Morgan fingerprint density at radius 2 is 2.44 bits per heavy atom. The molecular formula is C10H13N3O3S2. The Hall–Kier alpha value is -1.28. The average Bonchev–Trinajstić information content (AvgIpc) is 2.94. The van der Waals surface area contributed by atoms with Gasteiger partial charge in [0.1, 0.15) is 6.04 Å². The van der Waals surface area contributed by atoms with E-state index in [0.29, 0.717) is 18.2 Å². The molecule has 1 aromatic heterocycles. The van der Waals surface area contributed by atoms with E-state index in [1.54, 1.807) is 6.20 Å². The molecule has 0 unspecified atom stereocenters. The van der Waals surface area contributed by atoms with E-state index in [2.05, 4.69) is 10.3 Å². The Morgan fingerprint density at radius 1 is 1.67 bits per heavy atom. The van der Waals surface area contributed by atoms with Crippen molar-refractivity contribution in [3.8, 4) is 0 Å². The lowest BCUT2D eigenvalue weighted by atomic mass is 10.3. The second kappa shape index (κ2) is 5.57. The van der Waals surface area contributed by atoms with Crippen molar-refractivity contribution in [3.05, 3.63) is 16.1 Å². The molecule has 2 amide bonds. The molecule has 2 rings (SSSR count). The van der Waals surface area contributed by atoms with E-state index >= 15 is 0 Å². The summed E-state index contributed by atoms with van der Waals surface area (Å²) in [6.45, 7) is 2.28. The molecular weight excluding hydrogens is 274 g/mol. The Morgan fingerprint density at radius 3 is 3.06 bits per heavy atom. The van der Waals surface area contributed by atoms with Crippen LogP contribution < -0.4 is 5.32 Å². The molecule has 6 nitrogen and oxygen atoms in total. The summed E-state index contributed by atoms with van der Waals surface area (Å²) in [5, 5.41) is 12.6. The number of nitrogens with one attached hydrogen (secondary N) is 1. The highest BCUT2D eigenvalue weighted by Gasteiger charge is 2.34. The van der Waals surface area contributed by atoms with Crippen molar-refractivity contribution in [1.29, 1.82) is 0 Å². The molecule has 0 aromatic carbocycles. The summed E-state index contributed by atoms with van der Waals surface area (Å²) in [5.74, 6) is -0.0868. The van der Waals surface area contributed by atoms with E-state index in [-0.39, 0.29) is 6.03 Å². The van der Waals surface area contributed by atoms with Crippen LogP contribution in [0.4, 0.5) is 4.79 Å². The van der Waals surface area contributed by atoms with E-state index in [1.165, 1.54) is 28.0 Å². The van der Waals surface area contributed by atoms with Gasteiger partial charge in [-0.05, 0) is 6.92 Å². The smallest absolute Gasteiger partial charge is 0.327 e. The molecule has 2 heterocycles. The van der Waals surface area contributed by atoms with Crippen LogP contribution in [0.5, 0.6) is 0 Å².